The average Bonchev–Trinajstić information content (AvgIpc) is 2.47. The molecule has 1 N–H and O–H groups in total. The van der Waals surface area contributed by atoms with Gasteiger partial charge in [0.1, 0.15) is 0 Å². The van der Waals surface area contributed by atoms with Crippen LogP contribution in [0.15, 0.2) is 0 Å². The van der Waals surface area contributed by atoms with Crippen LogP contribution in [0.5, 0.6) is 0 Å². The molecule has 1 saturated heterocycles. The molecule has 3 unspecified atom stereocenters. The predicted molar refractivity (Wildman–Crippen MR) is 64.6 cm³/mol. The fourth-order valence-corrected chi connectivity index (χ4v) is 4.48. The molecule has 14 heavy (non-hydrogen) atoms. The molecule has 0 aromatic rings. The molecule has 0 amide bonds. The normalized spacial score (nSPS) is 43.7. The van der Waals surface area contributed by atoms with Crippen molar-refractivity contribution in [2.45, 2.75) is 57.4 Å². The summed E-state index contributed by atoms with van der Waals surface area (Å²) in [5.41, 5.74) is 0. The lowest BCUT2D eigenvalue weighted by atomic mass is 9.79. The maximum Gasteiger partial charge on any atom is 0.0650 e. The molecule has 2 rings (SSSR count). The van der Waals surface area contributed by atoms with Crippen molar-refractivity contribution < 1.29 is 0 Å². The molecule has 0 aromatic carbocycles. The van der Waals surface area contributed by atoms with Gasteiger partial charge in [0.2, 0.25) is 0 Å². The highest BCUT2D eigenvalue weighted by atomic mass is 32.2. The summed E-state index contributed by atoms with van der Waals surface area (Å²) < 4.78 is 0. The first kappa shape index (κ1) is 10.8. The summed E-state index contributed by atoms with van der Waals surface area (Å²) in [4.78, 5) is 0.465. The molecule has 1 aliphatic carbocycles. The summed E-state index contributed by atoms with van der Waals surface area (Å²) in [6, 6.07) is 0.728. The average molecular weight is 213 g/mol. The lowest BCUT2D eigenvalue weighted by molar-refractivity contribution is 0.212. The Morgan fingerprint density at radius 2 is 2.21 bits per heavy atom. The van der Waals surface area contributed by atoms with Gasteiger partial charge in [-0.3, -0.25) is 5.32 Å². The van der Waals surface area contributed by atoms with Crippen LogP contribution in [0.4, 0.5) is 0 Å². The summed E-state index contributed by atoms with van der Waals surface area (Å²) >= 11 is 2.18. The Morgan fingerprint density at radius 1 is 1.43 bits per heavy atom. The molecule has 82 valence electrons. The molecule has 3 atom stereocenters. The second-order valence-electron chi connectivity index (χ2n) is 5.45. The van der Waals surface area contributed by atoms with Gasteiger partial charge in [0, 0.05) is 11.8 Å². The van der Waals surface area contributed by atoms with Gasteiger partial charge in [-0.2, -0.15) is 0 Å². The lowest BCUT2D eigenvalue weighted by Crippen LogP contribution is -2.45. The molecule has 0 radical (unpaired) electrons. The molecular formula is C12H23NS. The third kappa shape index (κ3) is 2.11. The van der Waals surface area contributed by atoms with Crippen LogP contribution in [0.3, 0.4) is 0 Å². The van der Waals surface area contributed by atoms with E-state index in [1.807, 2.05) is 0 Å². The third-order valence-corrected chi connectivity index (χ3v) is 5.52. The van der Waals surface area contributed by atoms with E-state index in [0.29, 0.717) is 4.87 Å². The van der Waals surface area contributed by atoms with Gasteiger partial charge in [-0.25, -0.2) is 0 Å². The predicted octanol–water partition coefficient (Wildman–Crippen LogP) is 3.25. The van der Waals surface area contributed by atoms with Crippen molar-refractivity contribution in [3.05, 3.63) is 0 Å². The van der Waals surface area contributed by atoms with E-state index in [1.165, 1.54) is 31.4 Å². The van der Waals surface area contributed by atoms with Gasteiger partial charge in [0.25, 0.3) is 0 Å². The third-order valence-electron chi connectivity index (χ3n) is 3.81. The SMILES string of the molecule is CC1CSC2(CCCC(C(C)C)C2)N1. The monoisotopic (exact) mass is 213 g/mol. The van der Waals surface area contributed by atoms with Gasteiger partial charge >= 0.3 is 0 Å². The molecule has 0 bridgehead atoms. The van der Waals surface area contributed by atoms with E-state index in [9.17, 15) is 0 Å². The van der Waals surface area contributed by atoms with Crippen molar-refractivity contribution in [3.8, 4) is 0 Å². The number of thioether (sulfide) groups is 1. The van der Waals surface area contributed by atoms with Gasteiger partial charge in [-0.05, 0) is 31.6 Å². The van der Waals surface area contributed by atoms with Crippen molar-refractivity contribution >= 4 is 11.8 Å². The van der Waals surface area contributed by atoms with Crippen molar-refractivity contribution in [1.82, 2.24) is 5.32 Å². The number of hydrogen-bond donors (Lipinski definition) is 1. The smallest absolute Gasteiger partial charge is 0.0650 e. The topological polar surface area (TPSA) is 12.0 Å². The molecule has 1 nitrogen and oxygen atoms in total. The largest absolute Gasteiger partial charge is 0.299 e. The van der Waals surface area contributed by atoms with E-state index >= 15 is 0 Å². The van der Waals surface area contributed by atoms with Crippen LogP contribution in [0, 0.1) is 11.8 Å². The Labute approximate surface area is 92.4 Å². The van der Waals surface area contributed by atoms with Crippen molar-refractivity contribution in [2.24, 2.45) is 11.8 Å². The van der Waals surface area contributed by atoms with E-state index in [4.69, 9.17) is 0 Å². The Hall–Kier alpha value is 0.310. The first-order chi connectivity index (χ1) is 6.61. The standard InChI is InChI=1S/C12H23NS/c1-9(2)11-5-4-6-12(7-11)13-10(3)8-14-12/h9-11,13H,4-8H2,1-3H3. The summed E-state index contributed by atoms with van der Waals surface area (Å²) in [5.74, 6) is 3.13. The molecule has 2 fully saturated rings. The Kier molecular flexibility index (Phi) is 3.13. The van der Waals surface area contributed by atoms with Crippen LogP contribution in [0.2, 0.25) is 0 Å². The number of hydrogen-bond acceptors (Lipinski definition) is 2. The fraction of sp³-hybridized carbons (Fsp3) is 1.00. The zero-order valence-electron chi connectivity index (χ0n) is 9.68. The minimum Gasteiger partial charge on any atom is -0.299 e. The van der Waals surface area contributed by atoms with Crippen LogP contribution in [0.25, 0.3) is 0 Å². The van der Waals surface area contributed by atoms with Crippen LogP contribution < -0.4 is 5.32 Å². The summed E-state index contributed by atoms with van der Waals surface area (Å²) in [6.45, 7) is 7.08. The van der Waals surface area contributed by atoms with E-state index < -0.39 is 0 Å². The molecule has 1 spiro atoms. The van der Waals surface area contributed by atoms with E-state index in [1.54, 1.807) is 0 Å². The molecule has 1 saturated carbocycles. The molecule has 1 aliphatic heterocycles. The van der Waals surface area contributed by atoms with Crippen LogP contribution in [0.1, 0.15) is 46.5 Å². The lowest BCUT2D eigenvalue weighted by Gasteiger charge is -2.39. The highest BCUT2D eigenvalue weighted by molar-refractivity contribution is 8.00. The van der Waals surface area contributed by atoms with Crippen LogP contribution in [-0.4, -0.2) is 16.7 Å². The zero-order valence-corrected chi connectivity index (χ0v) is 10.5. The maximum atomic E-state index is 3.82. The molecule has 2 heteroatoms. The molecule has 0 aromatic heterocycles. The van der Waals surface area contributed by atoms with E-state index in [0.717, 1.165) is 17.9 Å². The highest BCUT2D eigenvalue weighted by Crippen LogP contribution is 2.46. The van der Waals surface area contributed by atoms with E-state index in [-0.39, 0.29) is 0 Å². The van der Waals surface area contributed by atoms with Gasteiger partial charge in [0.05, 0.1) is 4.87 Å². The van der Waals surface area contributed by atoms with Crippen LogP contribution >= 0.6 is 11.8 Å². The second-order valence-corrected chi connectivity index (χ2v) is 6.85. The fourth-order valence-electron chi connectivity index (χ4n) is 2.93. The highest BCUT2D eigenvalue weighted by Gasteiger charge is 2.41. The van der Waals surface area contributed by atoms with Crippen LogP contribution in [-0.2, 0) is 0 Å². The first-order valence-electron chi connectivity index (χ1n) is 6.03. The molecular weight excluding hydrogens is 190 g/mol. The molecule has 1 heterocycles. The quantitative estimate of drug-likeness (QED) is 0.717. The van der Waals surface area contributed by atoms with E-state index in [2.05, 4.69) is 37.8 Å². The van der Waals surface area contributed by atoms with Crippen molar-refractivity contribution in [1.29, 1.82) is 0 Å². The number of nitrogens with one attached hydrogen (secondary N) is 1. The summed E-state index contributed by atoms with van der Waals surface area (Å²) in [7, 11) is 0. The van der Waals surface area contributed by atoms with Gasteiger partial charge in [0.15, 0.2) is 0 Å². The minimum absolute atomic E-state index is 0.465. The second kappa shape index (κ2) is 4.05. The molecule has 2 aliphatic rings. The number of rotatable bonds is 1. The van der Waals surface area contributed by atoms with Gasteiger partial charge < -0.3 is 0 Å². The van der Waals surface area contributed by atoms with Gasteiger partial charge in [-0.1, -0.05) is 26.7 Å². The first-order valence-corrected chi connectivity index (χ1v) is 7.01. The summed E-state index contributed by atoms with van der Waals surface area (Å²) in [6.07, 6.45) is 5.68. The Bertz CT molecular complexity index is 200. The maximum absolute atomic E-state index is 3.82. The summed E-state index contributed by atoms with van der Waals surface area (Å²) in [5, 5.41) is 3.82. The Balaban J connectivity index is 1.99. The zero-order chi connectivity index (χ0) is 10.2. The minimum atomic E-state index is 0.465. The Morgan fingerprint density at radius 3 is 2.79 bits per heavy atom. The van der Waals surface area contributed by atoms with Crippen molar-refractivity contribution in [2.75, 3.05) is 5.75 Å². The van der Waals surface area contributed by atoms with Gasteiger partial charge in [-0.15, -0.1) is 11.8 Å². The van der Waals surface area contributed by atoms with Crippen molar-refractivity contribution in [3.63, 3.8) is 0 Å².